The molecule has 0 saturated carbocycles. The first kappa shape index (κ1) is 14.8. The van der Waals surface area contributed by atoms with Crippen LogP contribution in [0.25, 0.3) is 0 Å². The molecule has 0 aliphatic carbocycles. The molecule has 2 aliphatic heterocycles. The fraction of sp³-hybridized carbons (Fsp3) is 0.929. The van der Waals surface area contributed by atoms with Crippen LogP contribution in [-0.2, 0) is 14.3 Å². The van der Waals surface area contributed by atoms with Gasteiger partial charge < -0.3 is 19.7 Å². The lowest BCUT2D eigenvalue weighted by molar-refractivity contribution is -0.158. The van der Waals surface area contributed by atoms with Gasteiger partial charge in [0, 0.05) is 27.3 Å². The fourth-order valence-electron chi connectivity index (χ4n) is 3.11. The van der Waals surface area contributed by atoms with Gasteiger partial charge in [-0.25, -0.2) is 0 Å². The van der Waals surface area contributed by atoms with Crippen LogP contribution in [0.15, 0.2) is 0 Å². The van der Waals surface area contributed by atoms with E-state index in [1.807, 2.05) is 11.9 Å². The second kappa shape index (κ2) is 6.68. The number of nitrogens with zero attached hydrogens (tertiary/aromatic N) is 1. The van der Waals surface area contributed by atoms with Crippen molar-refractivity contribution < 1.29 is 14.3 Å². The lowest BCUT2D eigenvalue weighted by Gasteiger charge is -2.38. The summed E-state index contributed by atoms with van der Waals surface area (Å²) < 4.78 is 11.1. The maximum Gasteiger partial charge on any atom is 0.254 e. The molecule has 0 spiro atoms. The van der Waals surface area contributed by atoms with Gasteiger partial charge in [0.15, 0.2) is 0 Å². The Hall–Kier alpha value is -0.650. The minimum Gasteiger partial charge on any atom is -0.381 e. The van der Waals surface area contributed by atoms with Crippen molar-refractivity contribution in [2.24, 2.45) is 5.92 Å². The van der Waals surface area contributed by atoms with Crippen LogP contribution in [0.3, 0.4) is 0 Å². The second-order valence-corrected chi connectivity index (χ2v) is 5.72. The minimum atomic E-state index is -0.616. The molecule has 1 atom stereocenters. The van der Waals surface area contributed by atoms with Crippen LogP contribution in [0.1, 0.15) is 25.7 Å². The molecule has 0 bridgehead atoms. The Kier molecular flexibility index (Phi) is 5.19. The fourth-order valence-corrected chi connectivity index (χ4v) is 3.11. The number of nitrogens with one attached hydrogen (secondary N) is 1. The number of piperidine rings is 1. The summed E-state index contributed by atoms with van der Waals surface area (Å²) in [5.41, 5.74) is -0.616. The lowest BCUT2D eigenvalue weighted by Crippen LogP contribution is -2.55. The predicted octanol–water partition coefficient (Wildman–Crippen LogP) is 0.640. The summed E-state index contributed by atoms with van der Waals surface area (Å²) >= 11 is 0. The standard InChI is InChI=1S/C14H26N2O3/c1-16(10-12-4-3-9-19-11-12)13(17)14(18-2)5-7-15-8-6-14/h12,15H,3-11H2,1-2H3. The first-order valence-electron chi connectivity index (χ1n) is 7.27. The second-order valence-electron chi connectivity index (χ2n) is 5.72. The molecule has 0 aromatic rings. The van der Waals surface area contributed by atoms with Crippen LogP contribution in [0.2, 0.25) is 0 Å². The van der Waals surface area contributed by atoms with Crippen molar-refractivity contribution in [1.29, 1.82) is 0 Å². The number of amides is 1. The third kappa shape index (κ3) is 3.46. The van der Waals surface area contributed by atoms with Crippen molar-refractivity contribution in [3.63, 3.8) is 0 Å². The Labute approximate surface area is 115 Å². The molecule has 1 N–H and O–H groups in total. The van der Waals surface area contributed by atoms with E-state index < -0.39 is 5.60 Å². The summed E-state index contributed by atoms with van der Waals surface area (Å²) in [6.07, 6.45) is 3.77. The van der Waals surface area contributed by atoms with E-state index in [0.717, 1.165) is 58.5 Å². The van der Waals surface area contributed by atoms with Crippen molar-refractivity contribution in [2.45, 2.75) is 31.3 Å². The summed E-state index contributed by atoms with van der Waals surface area (Å²) in [5, 5.41) is 3.28. The van der Waals surface area contributed by atoms with E-state index >= 15 is 0 Å². The van der Waals surface area contributed by atoms with E-state index in [4.69, 9.17) is 9.47 Å². The molecule has 2 saturated heterocycles. The zero-order valence-corrected chi connectivity index (χ0v) is 12.1. The van der Waals surface area contributed by atoms with E-state index in [-0.39, 0.29) is 5.91 Å². The third-order valence-electron chi connectivity index (χ3n) is 4.33. The van der Waals surface area contributed by atoms with Gasteiger partial charge in [0.25, 0.3) is 5.91 Å². The molecule has 2 fully saturated rings. The van der Waals surface area contributed by atoms with Crippen LogP contribution in [-0.4, -0.2) is 63.4 Å². The van der Waals surface area contributed by atoms with Crippen molar-refractivity contribution in [1.82, 2.24) is 10.2 Å². The molecule has 110 valence electrons. The van der Waals surface area contributed by atoms with Crippen LogP contribution in [0, 0.1) is 5.92 Å². The molecule has 5 heteroatoms. The third-order valence-corrected chi connectivity index (χ3v) is 4.33. The smallest absolute Gasteiger partial charge is 0.254 e. The topological polar surface area (TPSA) is 50.8 Å². The van der Waals surface area contributed by atoms with Gasteiger partial charge >= 0.3 is 0 Å². The first-order chi connectivity index (χ1) is 9.18. The Morgan fingerprint density at radius 2 is 2.21 bits per heavy atom. The predicted molar refractivity (Wildman–Crippen MR) is 73.0 cm³/mol. The highest BCUT2D eigenvalue weighted by Crippen LogP contribution is 2.25. The highest BCUT2D eigenvalue weighted by atomic mass is 16.5. The van der Waals surface area contributed by atoms with Gasteiger partial charge in [-0.1, -0.05) is 0 Å². The molecule has 2 aliphatic rings. The number of hydrogen-bond donors (Lipinski definition) is 1. The number of methoxy groups -OCH3 is 1. The van der Waals surface area contributed by atoms with Gasteiger partial charge in [0.1, 0.15) is 5.60 Å². The van der Waals surface area contributed by atoms with E-state index in [1.54, 1.807) is 7.11 Å². The number of ether oxygens (including phenoxy) is 2. The molecular weight excluding hydrogens is 244 g/mol. The van der Waals surface area contributed by atoms with Crippen molar-refractivity contribution in [3.8, 4) is 0 Å². The zero-order chi connectivity index (χ0) is 13.7. The van der Waals surface area contributed by atoms with Gasteiger partial charge in [-0.3, -0.25) is 4.79 Å². The first-order valence-corrected chi connectivity index (χ1v) is 7.27. The van der Waals surface area contributed by atoms with Crippen molar-refractivity contribution in [3.05, 3.63) is 0 Å². The molecule has 0 aromatic heterocycles. The summed E-state index contributed by atoms with van der Waals surface area (Å²) in [6.45, 7) is 4.11. The van der Waals surface area contributed by atoms with Crippen LogP contribution in [0.4, 0.5) is 0 Å². The zero-order valence-electron chi connectivity index (χ0n) is 12.1. The number of rotatable bonds is 4. The number of carbonyl (C=O) groups excluding carboxylic acids is 1. The molecular formula is C14H26N2O3. The van der Waals surface area contributed by atoms with Gasteiger partial charge in [-0.15, -0.1) is 0 Å². The summed E-state index contributed by atoms with van der Waals surface area (Å²) in [6, 6.07) is 0. The Morgan fingerprint density at radius 3 is 2.79 bits per heavy atom. The molecule has 19 heavy (non-hydrogen) atoms. The maximum atomic E-state index is 12.7. The van der Waals surface area contributed by atoms with Gasteiger partial charge in [-0.05, 0) is 44.7 Å². The molecule has 1 unspecified atom stereocenters. The number of likely N-dealkylation sites (N-methyl/N-ethyl adjacent to an activating group) is 1. The van der Waals surface area contributed by atoms with E-state index in [0.29, 0.717) is 5.92 Å². The normalized spacial score (nSPS) is 26.9. The minimum absolute atomic E-state index is 0.127. The quantitative estimate of drug-likeness (QED) is 0.814. The molecule has 0 radical (unpaired) electrons. The van der Waals surface area contributed by atoms with Gasteiger partial charge in [0.05, 0.1) is 6.61 Å². The van der Waals surface area contributed by atoms with Gasteiger partial charge in [-0.2, -0.15) is 0 Å². The van der Waals surface area contributed by atoms with Crippen molar-refractivity contribution >= 4 is 5.91 Å². The SMILES string of the molecule is COC1(C(=O)N(C)CC2CCCOC2)CCNCC1. The van der Waals surface area contributed by atoms with Crippen LogP contribution < -0.4 is 5.32 Å². The lowest BCUT2D eigenvalue weighted by atomic mass is 9.90. The summed E-state index contributed by atoms with van der Waals surface area (Å²) in [7, 11) is 3.54. The molecule has 5 nitrogen and oxygen atoms in total. The Balaban J connectivity index is 1.92. The molecule has 1 amide bonds. The monoisotopic (exact) mass is 270 g/mol. The molecule has 0 aromatic carbocycles. The van der Waals surface area contributed by atoms with E-state index in [2.05, 4.69) is 5.32 Å². The number of hydrogen-bond acceptors (Lipinski definition) is 4. The molecule has 2 rings (SSSR count). The number of carbonyl (C=O) groups is 1. The van der Waals surface area contributed by atoms with Crippen LogP contribution in [0.5, 0.6) is 0 Å². The van der Waals surface area contributed by atoms with E-state index in [1.165, 1.54) is 0 Å². The summed E-state index contributed by atoms with van der Waals surface area (Å²) in [5.74, 6) is 0.598. The Morgan fingerprint density at radius 1 is 1.47 bits per heavy atom. The van der Waals surface area contributed by atoms with Crippen molar-refractivity contribution in [2.75, 3.05) is 47.0 Å². The maximum absolute atomic E-state index is 12.7. The summed E-state index contributed by atoms with van der Waals surface area (Å²) in [4.78, 5) is 14.5. The molecule has 2 heterocycles. The largest absolute Gasteiger partial charge is 0.381 e. The average molecular weight is 270 g/mol. The van der Waals surface area contributed by atoms with Gasteiger partial charge in [0.2, 0.25) is 0 Å². The highest BCUT2D eigenvalue weighted by Gasteiger charge is 2.41. The van der Waals surface area contributed by atoms with E-state index in [9.17, 15) is 4.79 Å². The average Bonchev–Trinajstić information content (AvgIpc) is 2.48. The Bertz CT molecular complexity index is 297. The highest BCUT2D eigenvalue weighted by molar-refractivity contribution is 5.85. The van der Waals surface area contributed by atoms with Crippen LogP contribution >= 0.6 is 0 Å².